The van der Waals surface area contributed by atoms with Crippen LogP contribution in [0.4, 0.5) is 11.4 Å². The maximum atomic E-state index is 11.1. The number of rotatable bonds is 9. The number of nitrogens with zero attached hydrogens (tertiary/aromatic N) is 2. The summed E-state index contributed by atoms with van der Waals surface area (Å²) in [5, 5.41) is 40.7. The van der Waals surface area contributed by atoms with Crippen LogP contribution in [0.3, 0.4) is 0 Å². The van der Waals surface area contributed by atoms with Crippen molar-refractivity contribution in [2.24, 2.45) is 0 Å². The second-order valence-corrected chi connectivity index (χ2v) is 6.54. The molecule has 2 aromatic carbocycles. The van der Waals surface area contributed by atoms with Gasteiger partial charge in [0.25, 0.3) is 11.4 Å². The van der Waals surface area contributed by atoms with Gasteiger partial charge < -0.3 is 10.2 Å². The van der Waals surface area contributed by atoms with Gasteiger partial charge in [0.2, 0.25) is 0 Å². The molecule has 0 saturated carbocycles. The van der Waals surface area contributed by atoms with Crippen molar-refractivity contribution in [3.05, 3.63) is 91.0 Å². The van der Waals surface area contributed by atoms with E-state index in [0.29, 0.717) is 36.0 Å². The number of nitro groups is 2. The molecule has 156 valence electrons. The van der Waals surface area contributed by atoms with Crippen LogP contribution in [0.25, 0.3) is 0 Å². The normalized spacial score (nSPS) is 11.3. The fourth-order valence-corrected chi connectivity index (χ4v) is 2.97. The van der Waals surface area contributed by atoms with Gasteiger partial charge in [0.1, 0.15) is 0 Å². The Hall–Kier alpha value is -3.54. The molecule has 0 aliphatic rings. The van der Waals surface area contributed by atoms with E-state index in [9.17, 15) is 25.3 Å². The number of hydrogen-bond donors (Lipinski definition) is 2. The summed E-state index contributed by atoms with van der Waals surface area (Å²) in [6.45, 7) is -0.234. The van der Waals surface area contributed by atoms with Gasteiger partial charge in [-0.2, -0.15) is 0 Å². The largest absolute Gasteiger partial charge is 0.396 e. The number of benzene rings is 2. The Bertz CT molecular complexity index is 1000. The molecule has 0 saturated heterocycles. The monoisotopic (exact) mass is 410 g/mol. The molecule has 2 N–H and O–H groups in total. The maximum absolute atomic E-state index is 11.1. The highest BCUT2D eigenvalue weighted by Gasteiger charge is 2.12. The first-order chi connectivity index (χ1) is 14.4. The summed E-state index contributed by atoms with van der Waals surface area (Å²) in [5.41, 5.74) is 2.79. The van der Waals surface area contributed by atoms with E-state index in [0.717, 1.165) is 5.57 Å². The van der Waals surface area contributed by atoms with Crippen LogP contribution < -0.4 is 0 Å². The van der Waals surface area contributed by atoms with Crippen molar-refractivity contribution in [2.75, 3.05) is 13.2 Å². The van der Waals surface area contributed by atoms with Crippen LogP contribution >= 0.6 is 0 Å². The van der Waals surface area contributed by atoms with Gasteiger partial charge in [-0.25, -0.2) is 0 Å². The van der Waals surface area contributed by atoms with Crippen molar-refractivity contribution >= 4 is 11.4 Å². The van der Waals surface area contributed by atoms with Crippen LogP contribution in [0.15, 0.2) is 59.7 Å². The molecule has 0 aliphatic carbocycles. The summed E-state index contributed by atoms with van der Waals surface area (Å²) in [6, 6.07) is 12.5. The average Bonchev–Trinajstić information content (AvgIpc) is 2.73. The Morgan fingerprint density at radius 3 is 1.93 bits per heavy atom. The van der Waals surface area contributed by atoms with Crippen LogP contribution in [-0.2, 0) is 12.8 Å². The molecule has 2 rings (SSSR count). The van der Waals surface area contributed by atoms with E-state index < -0.39 is 9.85 Å². The lowest BCUT2D eigenvalue weighted by molar-refractivity contribution is -0.385. The van der Waals surface area contributed by atoms with E-state index in [1.807, 2.05) is 0 Å². The standard InChI is InChI=1S/C22H22N2O6/c25-11-2-1-7-19(13-17-5-3-8-21(15-17)23(27)28)20(10-12-26)14-18-6-4-9-22(16-18)24(29)30/h3-6,8-9,15-16,25-26H,2,10-14H2/b20-19+. The van der Waals surface area contributed by atoms with Crippen molar-refractivity contribution in [3.63, 3.8) is 0 Å². The predicted octanol–water partition coefficient (Wildman–Crippen LogP) is 3.35. The van der Waals surface area contributed by atoms with Crippen molar-refractivity contribution in [1.82, 2.24) is 0 Å². The first-order valence-corrected chi connectivity index (χ1v) is 9.32. The topological polar surface area (TPSA) is 127 Å². The number of hydrogen-bond acceptors (Lipinski definition) is 6. The van der Waals surface area contributed by atoms with Gasteiger partial charge in [-0.1, -0.05) is 41.7 Å². The van der Waals surface area contributed by atoms with E-state index in [2.05, 4.69) is 11.8 Å². The summed E-state index contributed by atoms with van der Waals surface area (Å²) < 4.78 is 0. The highest BCUT2D eigenvalue weighted by Crippen LogP contribution is 2.23. The molecule has 30 heavy (non-hydrogen) atoms. The van der Waals surface area contributed by atoms with E-state index in [1.54, 1.807) is 24.3 Å². The van der Waals surface area contributed by atoms with Gasteiger partial charge in [0.05, 0.1) is 16.5 Å². The molecule has 0 aliphatic heterocycles. The van der Waals surface area contributed by atoms with Gasteiger partial charge in [-0.3, -0.25) is 20.2 Å². The molecule has 0 aromatic heterocycles. The summed E-state index contributed by atoms with van der Waals surface area (Å²) in [7, 11) is 0. The molecule has 2 aromatic rings. The Morgan fingerprint density at radius 2 is 1.43 bits per heavy atom. The van der Waals surface area contributed by atoms with Crippen LogP contribution in [-0.4, -0.2) is 33.3 Å². The highest BCUT2D eigenvalue weighted by molar-refractivity contribution is 5.44. The minimum absolute atomic E-state index is 0.0255. The summed E-state index contributed by atoms with van der Waals surface area (Å²) >= 11 is 0. The lowest BCUT2D eigenvalue weighted by atomic mass is 9.93. The second kappa shape index (κ2) is 11.5. The Labute approximate surface area is 173 Å². The molecular weight excluding hydrogens is 388 g/mol. The molecule has 0 radical (unpaired) electrons. The minimum atomic E-state index is -0.470. The fraction of sp³-hybridized carbons (Fsp3) is 0.273. The van der Waals surface area contributed by atoms with Crippen molar-refractivity contribution in [2.45, 2.75) is 25.7 Å². The third kappa shape index (κ3) is 6.81. The van der Waals surface area contributed by atoms with Gasteiger partial charge in [-0.05, 0) is 24.0 Å². The molecule has 0 heterocycles. The number of aliphatic hydroxyl groups excluding tert-OH is 2. The number of non-ortho nitro benzene ring substituents is 2. The molecular formula is C22H22N2O6. The van der Waals surface area contributed by atoms with Crippen LogP contribution in [0, 0.1) is 32.1 Å². The lowest BCUT2D eigenvalue weighted by Gasteiger charge is -2.12. The summed E-state index contributed by atoms with van der Waals surface area (Å²) in [6.07, 6.45) is 1.23. The Morgan fingerprint density at radius 1 is 0.867 bits per heavy atom. The quantitative estimate of drug-likeness (QED) is 0.371. The molecule has 0 bridgehead atoms. The number of aliphatic hydroxyl groups is 2. The zero-order valence-corrected chi connectivity index (χ0v) is 16.3. The van der Waals surface area contributed by atoms with E-state index in [1.165, 1.54) is 24.3 Å². The molecule has 0 unspecified atom stereocenters. The van der Waals surface area contributed by atoms with Gasteiger partial charge in [0, 0.05) is 49.3 Å². The molecule has 8 heteroatoms. The van der Waals surface area contributed by atoms with Gasteiger partial charge in [0.15, 0.2) is 0 Å². The smallest absolute Gasteiger partial charge is 0.269 e. The zero-order chi connectivity index (χ0) is 21.9. The maximum Gasteiger partial charge on any atom is 0.269 e. The second-order valence-electron chi connectivity index (χ2n) is 6.54. The fourth-order valence-electron chi connectivity index (χ4n) is 2.97. The van der Waals surface area contributed by atoms with Crippen LogP contribution in [0.2, 0.25) is 0 Å². The third-order valence-electron chi connectivity index (χ3n) is 4.36. The third-order valence-corrected chi connectivity index (χ3v) is 4.36. The molecule has 0 spiro atoms. The zero-order valence-electron chi connectivity index (χ0n) is 16.3. The van der Waals surface area contributed by atoms with E-state index in [-0.39, 0.29) is 31.0 Å². The lowest BCUT2D eigenvalue weighted by Crippen LogP contribution is -2.02. The molecule has 0 amide bonds. The SMILES string of the molecule is O=[N+]([O-])c1cccc(C/C(C#CCCO)=C(\CCO)Cc2cccc([N+](=O)[O-])c2)c1. The van der Waals surface area contributed by atoms with Crippen LogP contribution in [0.5, 0.6) is 0 Å². The minimum Gasteiger partial charge on any atom is -0.396 e. The summed E-state index contributed by atoms with van der Waals surface area (Å²) in [5.74, 6) is 5.88. The number of allylic oxidation sites excluding steroid dienone is 1. The molecule has 0 fully saturated rings. The van der Waals surface area contributed by atoms with Crippen molar-refractivity contribution in [3.8, 4) is 11.8 Å². The number of nitro benzene ring substituents is 2. The average molecular weight is 410 g/mol. The first-order valence-electron chi connectivity index (χ1n) is 9.32. The van der Waals surface area contributed by atoms with E-state index in [4.69, 9.17) is 5.11 Å². The highest BCUT2D eigenvalue weighted by atomic mass is 16.6. The van der Waals surface area contributed by atoms with Crippen molar-refractivity contribution < 1.29 is 20.1 Å². The van der Waals surface area contributed by atoms with Gasteiger partial charge >= 0.3 is 0 Å². The Kier molecular flexibility index (Phi) is 8.69. The molecule has 0 atom stereocenters. The summed E-state index contributed by atoms with van der Waals surface area (Å²) in [4.78, 5) is 21.2. The predicted molar refractivity (Wildman–Crippen MR) is 112 cm³/mol. The molecule has 8 nitrogen and oxygen atoms in total. The van der Waals surface area contributed by atoms with E-state index >= 15 is 0 Å². The Balaban J connectivity index is 2.45. The van der Waals surface area contributed by atoms with Crippen molar-refractivity contribution in [1.29, 1.82) is 0 Å². The van der Waals surface area contributed by atoms with Gasteiger partial charge in [-0.15, -0.1) is 0 Å². The van der Waals surface area contributed by atoms with Crippen LogP contribution in [0.1, 0.15) is 24.0 Å². The first kappa shape index (κ1) is 22.7.